The zero-order valence-corrected chi connectivity index (χ0v) is 10.7. The highest BCUT2D eigenvalue weighted by atomic mass is 19.1. The van der Waals surface area contributed by atoms with Crippen LogP contribution in [0.15, 0.2) is 30.5 Å². The molecule has 3 nitrogen and oxygen atoms in total. The van der Waals surface area contributed by atoms with Crippen LogP contribution in [0.3, 0.4) is 0 Å². The van der Waals surface area contributed by atoms with Gasteiger partial charge in [0.05, 0.1) is 0 Å². The summed E-state index contributed by atoms with van der Waals surface area (Å²) in [6.45, 7) is 2.25. The van der Waals surface area contributed by atoms with Crippen LogP contribution in [0.25, 0.3) is 11.1 Å². The second-order valence-electron chi connectivity index (χ2n) is 4.89. The fraction of sp³-hybridized carbons (Fsp3) is 0.267. The van der Waals surface area contributed by atoms with Crippen molar-refractivity contribution in [3.63, 3.8) is 0 Å². The number of rotatable bonds is 1. The molecule has 0 spiro atoms. The highest BCUT2D eigenvalue weighted by Gasteiger charge is 2.20. The number of ether oxygens (including phenoxy) is 1. The first kappa shape index (κ1) is 12.1. The number of nitrogens with zero attached hydrogens (tertiary/aromatic N) is 1. The Hall–Kier alpha value is -1.94. The number of halogens is 1. The molecule has 3 rings (SSSR count). The summed E-state index contributed by atoms with van der Waals surface area (Å²) in [7, 11) is 0. The Morgan fingerprint density at radius 2 is 2.26 bits per heavy atom. The average molecular weight is 258 g/mol. The molecule has 1 aromatic carbocycles. The molecule has 0 amide bonds. The van der Waals surface area contributed by atoms with Gasteiger partial charge in [-0.3, -0.25) is 0 Å². The minimum absolute atomic E-state index is 0.00292. The van der Waals surface area contributed by atoms with Crippen LogP contribution in [0.4, 0.5) is 4.39 Å². The summed E-state index contributed by atoms with van der Waals surface area (Å²) in [6.07, 6.45) is 2.32. The molecule has 2 aromatic rings. The van der Waals surface area contributed by atoms with Crippen LogP contribution in [0, 0.1) is 12.9 Å². The molecule has 2 N–H and O–H groups in total. The predicted molar refractivity (Wildman–Crippen MR) is 71.5 cm³/mol. The van der Waals surface area contributed by atoms with Gasteiger partial charge >= 0.3 is 0 Å². The van der Waals surface area contributed by atoms with Gasteiger partial charge in [0, 0.05) is 28.9 Å². The number of benzene rings is 1. The van der Waals surface area contributed by atoms with Crippen molar-refractivity contribution >= 4 is 0 Å². The van der Waals surface area contributed by atoms with E-state index in [4.69, 9.17) is 10.5 Å². The first-order valence-electron chi connectivity index (χ1n) is 6.28. The first-order chi connectivity index (χ1) is 9.15. The number of aryl methyl sites for hydroxylation is 1. The molecular formula is C15H15FN2O. The molecule has 0 bridgehead atoms. The molecule has 4 heteroatoms. The monoisotopic (exact) mass is 258 g/mol. The summed E-state index contributed by atoms with van der Waals surface area (Å²) >= 11 is 0. The smallest absolute Gasteiger partial charge is 0.215 e. The van der Waals surface area contributed by atoms with Gasteiger partial charge in [-0.05, 0) is 31.0 Å². The molecule has 1 unspecified atom stereocenters. The van der Waals surface area contributed by atoms with Crippen LogP contribution >= 0.6 is 0 Å². The van der Waals surface area contributed by atoms with E-state index in [-0.39, 0.29) is 6.04 Å². The summed E-state index contributed by atoms with van der Waals surface area (Å²) in [5.74, 6) is 0.433. The molecule has 19 heavy (non-hydrogen) atoms. The summed E-state index contributed by atoms with van der Waals surface area (Å²) < 4.78 is 18.9. The summed E-state index contributed by atoms with van der Waals surface area (Å²) in [4.78, 5) is 3.78. The predicted octanol–water partition coefficient (Wildman–Crippen LogP) is 2.46. The summed E-state index contributed by atoms with van der Waals surface area (Å²) in [5.41, 5.74) is 9.48. The number of aromatic nitrogens is 1. The van der Waals surface area contributed by atoms with Crippen LogP contribution in [0.5, 0.6) is 5.75 Å². The molecule has 1 atom stereocenters. The van der Waals surface area contributed by atoms with E-state index >= 15 is 0 Å². The Morgan fingerprint density at radius 3 is 3.05 bits per heavy atom. The van der Waals surface area contributed by atoms with Crippen molar-refractivity contribution in [3.8, 4) is 16.9 Å². The lowest BCUT2D eigenvalue weighted by Crippen LogP contribution is -2.34. The van der Waals surface area contributed by atoms with E-state index in [1.54, 1.807) is 19.2 Å². The maximum atomic E-state index is 13.3. The Labute approximate surface area is 111 Å². The average Bonchev–Trinajstić information content (AvgIpc) is 2.41. The van der Waals surface area contributed by atoms with Crippen LogP contribution in [0.2, 0.25) is 0 Å². The quantitative estimate of drug-likeness (QED) is 0.799. The van der Waals surface area contributed by atoms with Crippen LogP contribution < -0.4 is 10.5 Å². The van der Waals surface area contributed by atoms with E-state index in [9.17, 15) is 4.39 Å². The van der Waals surface area contributed by atoms with Crippen molar-refractivity contribution in [2.45, 2.75) is 19.4 Å². The highest BCUT2D eigenvalue weighted by Crippen LogP contribution is 2.34. The third-order valence-corrected chi connectivity index (χ3v) is 3.38. The number of pyridine rings is 1. The van der Waals surface area contributed by atoms with Gasteiger partial charge in [-0.25, -0.2) is 4.98 Å². The summed E-state index contributed by atoms with van der Waals surface area (Å²) in [6, 6.07) is 7.67. The lowest BCUT2D eigenvalue weighted by Gasteiger charge is -2.24. The zero-order chi connectivity index (χ0) is 13.4. The van der Waals surface area contributed by atoms with Crippen LogP contribution in [0.1, 0.15) is 11.1 Å². The molecule has 0 aliphatic carbocycles. The van der Waals surface area contributed by atoms with Gasteiger partial charge in [0.1, 0.15) is 12.4 Å². The van der Waals surface area contributed by atoms with Crippen molar-refractivity contribution < 1.29 is 9.13 Å². The van der Waals surface area contributed by atoms with E-state index in [1.807, 2.05) is 18.2 Å². The molecule has 1 aliphatic rings. The minimum atomic E-state index is -0.429. The van der Waals surface area contributed by atoms with Gasteiger partial charge in [0.15, 0.2) is 0 Å². The van der Waals surface area contributed by atoms with Gasteiger partial charge < -0.3 is 10.5 Å². The fourth-order valence-electron chi connectivity index (χ4n) is 2.41. The Kier molecular flexibility index (Phi) is 2.95. The van der Waals surface area contributed by atoms with E-state index < -0.39 is 5.95 Å². The fourth-order valence-corrected chi connectivity index (χ4v) is 2.41. The van der Waals surface area contributed by atoms with Gasteiger partial charge in [-0.2, -0.15) is 4.39 Å². The Bertz CT molecular complexity index is 628. The molecule has 0 saturated carbocycles. The highest BCUT2D eigenvalue weighted by molar-refractivity contribution is 5.70. The van der Waals surface area contributed by atoms with Gasteiger partial charge in [0.25, 0.3) is 0 Å². The number of hydrogen-bond donors (Lipinski definition) is 1. The molecule has 98 valence electrons. The molecule has 0 radical (unpaired) electrons. The standard InChI is InChI=1S/C15H15FN2O/c1-9-5-10(7-18-15(9)16)12-3-2-4-14-13(12)6-11(17)8-19-14/h2-5,7,11H,6,8,17H2,1H3. The summed E-state index contributed by atoms with van der Waals surface area (Å²) in [5, 5.41) is 0. The molecule has 1 aliphatic heterocycles. The molecule has 0 saturated heterocycles. The lowest BCUT2D eigenvalue weighted by molar-refractivity contribution is 0.264. The minimum Gasteiger partial charge on any atom is -0.492 e. The normalized spacial score (nSPS) is 17.7. The second kappa shape index (κ2) is 4.63. The van der Waals surface area contributed by atoms with Crippen LogP contribution in [-0.4, -0.2) is 17.6 Å². The molecule has 2 heterocycles. The van der Waals surface area contributed by atoms with Crippen molar-refractivity contribution in [2.24, 2.45) is 5.73 Å². The number of hydrogen-bond acceptors (Lipinski definition) is 3. The zero-order valence-electron chi connectivity index (χ0n) is 10.7. The van der Waals surface area contributed by atoms with Crippen molar-refractivity contribution in [1.29, 1.82) is 0 Å². The van der Waals surface area contributed by atoms with Gasteiger partial charge in [0.2, 0.25) is 5.95 Å². The lowest BCUT2D eigenvalue weighted by atomic mass is 9.93. The first-order valence-corrected chi connectivity index (χ1v) is 6.28. The van der Waals surface area contributed by atoms with E-state index in [0.29, 0.717) is 12.2 Å². The van der Waals surface area contributed by atoms with Crippen LogP contribution in [-0.2, 0) is 6.42 Å². The third kappa shape index (κ3) is 2.19. The Morgan fingerprint density at radius 1 is 1.42 bits per heavy atom. The molecule has 0 fully saturated rings. The second-order valence-corrected chi connectivity index (χ2v) is 4.89. The van der Waals surface area contributed by atoms with E-state index in [2.05, 4.69) is 4.98 Å². The largest absolute Gasteiger partial charge is 0.492 e. The maximum absolute atomic E-state index is 13.3. The number of fused-ring (bicyclic) bond motifs is 1. The number of nitrogens with two attached hydrogens (primary N) is 1. The van der Waals surface area contributed by atoms with E-state index in [0.717, 1.165) is 28.9 Å². The van der Waals surface area contributed by atoms with Crippen molar-refractivity contribution in [2.75, 3.05) is 6.61 Å². The van der Waals surface area contributed by atoms with E-state index in [1.165, 1.54) is 0 Å². The molecular weight excluding hydrogens is 243 g/mol. The molecule has 1 aromatic heterocycles. The van der Waals surface area contributed by atoms with Gasteiger partial charge in [-0.1, -0.05) is 12.1 Å². The Balaban J connectivity index is 2.12. The topological polar surface area (TPSA) is 48.1 Å². The maximum Gasteiger partial charge on any atom is 0.215 e. The SMILES string of the molecule is Cc1cc(-c2cccc3c2CC(N)CO3)cnc1F. The van der Waals surface area contributed by atoms with Crippen molar-refractivity contribution in [1.82, 2.24) is 4.98 Å². The third-order valence-electron chi connectivity index (χ3n) is 3.38. The van der Waals surface area contributed by atoms with Gasteiger partial charge in [-0.15, -0.1) is 0 Å². The van der Waals surface area contributed by atoms with Crippen molar-refractivity contribution in [3.05, 3.63) is 47.5 Å².